The molecule has 2 fully saturated rings. The number of hydrogen-bond donors (Lipinski definition) is 1. The number of amides is 1. The predicted octanol–water partition coefficient (Wildman–Crippen LogP) is 0.652. The number of ether oxygens (including phenoxy) is 2. The van der Waals surface area contributed by atoms with Gasteiger partial charge in [-0.05, 0) is 18.6 Å². The summed E-state index contributed by atoms with van der Waals surface area (Å²) < 4.78 is 11.7. The maximum Gasteiger partial charge on any atom is 0.316 e. The summed E-state index contributed by atoms with van der Waals surface area (Å²) in [5, 5.41) is 6.54. The van der Waals surface area contributed by atoms with E-state index in [4.69, 9.17) is 9.47 Å². The van der Waals surface area contributed by atoms with Crippen LogP contribution in [0.3, 0.4) is 0 Å². The molecule has 23 heavy (non-hydrogen) atoms. The number of carbonyl (C=O) groups is 1. The summed E-state index contributed by atoms with van der Waals surface area (Å²) in [7, 11) is 0. The molecule has 0 bridgehead atoms. The van der Waals surface area contributed by atoms with Gasteiger partial charge < -0.3 is 14.4 Å². The second-order valence-corrected chi connectivity index (χ2v) is 5.92. The average Bonchev–Trinajstić information content (AvgIpc) is 3.31. The van der Waals surface area contributed by atoms with Gasteiger partial charge in [-0.2, -0.15) is 5.10 Å². The summed E-state index contributed by atoms with van der Waals surface area (Å²) in [5.74, 6) is -0.0428. The molecular formula is C15H17N5O3. The lowest BCUT2D eigenvalue weighted by molar-refractivity contribution is 0.00967. The van der Waals surface area contributed by atoms with Crippen LogP contribution in [0.1, 0.15) is 23.3 Å². The van der Waals surface area contributed by atoms with Gasteiger partial charge in [-0.15, -0.1) is 0 Å². The van der Waals surface area contributed by atoms with Crippen LogP contribution in [0.4, 0.5) is 0 Å². The van der Waals surface area contributed by atoms with Gasteiger partial charge in [0.1, 0.15) is 11.8 Å². The zero-order chi connectivity index (χ0) is 15.7. The van der Waals surface area contributed by atoms with Gasteiger partial charge in [-0.25, -0.2) is 9.97 Å². The minimum absolute atomic E-state index is 0.0428. The second-order valence-electron chi connectivity index (χ2n) is 5.92. The normalized spacial score (nSPS) is 26.8. The summed E-state index contributed by atoms with van der Waals surface area (Å²) in [6, 6.07) is 3.79. The van der Waals surface area contributed by atoms with E-state index >= 15 is 0 Å². The van der Waals surface area contributed by atoms with Crippen LogP contribution in [0, 0.1) is 0 Å². The first-order chi connectivity index (χ1) is 11.2. The van der Waals surface area contributed by atoms with Gasteiger partial charge in [0.25, 0.3) is 5.91 Å². The Morgan fingerprint density at radius 1 is 1.39 bits per heavy atom. The van der Waals surface area contributed by atoms with Crippen molar-refractivity contribution < 1.29 is 14.3 Å². The van der Waals surface area contributed by atoms with Crippen LogP contribution in [0.15, 0.2) is 30.7 Å². The second kappa shape index (κ2) is 5.62. The molecule has 2 aromatic heterocycles. The van der Waals surface area contributed by atoms with Crippen LogP contribution in [-0.2, 0) is 4.74 Å². The fraction of sp³-hybridized carbons (Fsp3) is 0.467. The highest BCUT2D eigenvalue weighted by Crippen LogP contribution is 2.36. The Morgan fingerprint density at radius 3 is 3.04 bits per heavy atom. The maximum absolute atomic E-state index is 12.4. The minimum atomic E-state index is -0.324. The Balaban J connectivity index is 1.38. The van der Waals surface area contributed by atoms with Gasteiger partial charge in [0, 0.05) is 31.6 Å². The monoisotopic (exact) mass is 315 g/mol. The minimum Gasteiger partial charge on any atom is -0.458 e. The molecule has 2 aromatic rings. The van der Waals surface area contributed by atoms with E-state index in [0.717, 1.165) is 12.8 Å². The molecule has 0 radical (unpaired) electrons. The molecule has 8 nitrogen and oxygen atoms in total. The largest absolute Gasteiger partial charge is 0.458 e. The van der Waals surface area contributed by atoms with Gasteiger partial charge in [-0.1, -0.05) is 0 Å². The van der Waals surface area contributed by atoms with Gasteiger partial charge in [0.2, 0.25) is 0 Å². The van der Waals surface area contributed by atoms with Gasteiger partial charge in [0.05, 0.1) is 18.8 Å². The van der Waals surface area contributed by atoms with Crippen molar-refractivity contribution in [1.82, 2.24) is 25.1 Å². The van der Waals surface area contributed by atoms with Crippen molar-refractivity contribution in [2.45, 2.75) is 24.5 Å². The van der Waals surface area contributed by atoms with Crippen LogP contribution >= 0.6 is 0 Å². The third-order valence-electron chi connectivity index (χ3n) is 4.32. The van der Waals surface area contributed by atoms with E-state index in [9.17, 15) is 4.79 Å². The molecule has 2 aliphatic heterocycles. The van der Waals surface area contributed by atoms with E-state index in [1.165, 1.54) is 0 Å². The van der Waals surface area contributed by atoms with E-state index in [2.05, 4.69) is 20.2 Å². The lowest BCUT2D eigenvalue weighted by Gasteiger charge is -2.22. The molecule has 1 amide bonds. The SMILES string of the molecule is O=C(c1ccn[nH]1)N1CC[C@@]2(C[C@@H](Oc3ncccn3)CO2)C1. The van der Waals surface area contributed by atoms with Crippen molar-refractivity contribution in [2.24, 2.45) is 0 Å². The lowest BCUT2D eigenvalue weighted by atomic mass is 9.98. The molecule has 4 rings (SSSR count). The Hall–Kier alpha value is -2.48. The molecule has 0 aromatic carbocycles. The molecule has 2 aliphatic rings. The van der Waals surface area contributed by atoms with Crippen LogP contribution in [0.5, 0.6) is 6.01 Å². The number of hydrogen-bond acceptors (Lipinski definition) is 6. The highest BCUT2D eigenvalue weighted by atomic mass is 16.6. The van der Waals surface area contributed by atoms with E-state index in [-0.39, 0.29) is 17.6 Å². The summed E-state index contributed by atoms with van der Waals surface area (Å²) in [6.07, 6.45) is 6.33. The fourth-order valence-electron chi connectivity index (χ4n) is 3.22. The Kier molecular flexibility index (Phi) is 3.45. The zero-order valence-corrected chi connectivity index (χ0v) is 12.5. The third-order valence-corrected chi connectivity index (χ3v) is 4.32. The quantitative estimate of drug-likeness (QED) is 0.894. The number of nitrogens with zero attached hydrogens (tertiary/aromatic N) is 4. The molecule has 1 spiro atoms. The van der Waals surface area contributed by atoms with E-state index < -0.39 is 0 Å². The molecule has 120 valence electrons. The zero-order valence-electron chi connectivity index (χ0n) is 12.5. The summed E-state index contributed by atoms with van der Waals surface area (Å²) in [6.45, 7) is 1.73. The van der Waals surface area contributed by atoms with Crippen molar-refractivity contribution in [2.75, 3.05) is 19.7 Å². The third kappa shape index (κ3) is 2.77. The first kappa shape index (κ1) is 14.1. The molecule has 4 heterocycles. The first-order valence-corrected chi connectivity index (χ1v) is 7.60. The van der Waals surface area contributed by atoms with E-state index in [0.29, 0.717) is 31.4 Å². The molecular weight excluding hydrogens is 298 g/mol. The average molecular weight is 315 g/mol. The number of rotatable bonds is 3. The molecule has 2 atom stereocenters. The van der Waals surface area contributed by atoms with Crippen LogP contribution in [0.25, 0.3) is 0 Å². The van der Waals surface area contributed by atoms with Crippen molar-refractivity contribution in [1.29, 1.82) is 0 Å². The maximum atomic E-state index is 12.4. The predicted molar refractivity (Wildman–Crippen MR) is 78.9 cm³/mol. The molecule has 0 aliphatic carbocycles. The smallest absolute Gasteiger partial charge is 0.316 e. The van der Waals surface area contributed by atoms with Crippen molar-refractivity contribution >= 4 is 5.91 Å². The lowest BCUT2D eigenvalue weighted by Crippen LogP contribution is -2.36. The molecule has 0 saturated carbocycles. The van der Waals surface area contributed by atoms with Gasteiger partial charge >= 0.3 is 6.01 Å². The standard InChI is InChI=1S/C15H17N5O3/c21-13(12-2-6-18-19-12)20-7-3-15(10-20)8-11(9-22-15)23-14-16-4-1-5-17-14/h1-2,4-6,11H,3,7-10H2,(H,18,19)/t11-,15-/m1/s1. The van der Waals surface area contributed by atoms with E-state index in [1.807, 2.05) is 0 Å². The first-order valence-electron chi connectivity index (χ1n) is 7.60. The Morgan fingerprint density at radius 2 is 2.26 bits per heavy atom. The molecule has 0 unspecified atom stereocenters. The molecule has 2 saturated heterocycles. The highest BCUT2D eigenvalue weighted by molar-refractivity contribution is 5.92. The van der Waals surface area contributed by atoms with Crippen molar-refractivity contribution in [3.63, 3.8) is 0 Å². The number of aromatic nitrogens is 4. The topological polar surface area (TPSA) is 93.2 Å². The summed E-state index contributed by atoms with van der Waals surface area (Å²) >= 11 is 0. The number of likely N-dealkylation sites (tertiary alicyclic amines) is 1. The summed E-state index contributed by atoms with van der Waals surface area (Å²) in [4.78, 5) is 22.3. The number of aromatic amines is 1. The van der Waals surface area contributed by atoms with Crippen LogP contribution < -0.4 is 4.74 Å². The number of nitrogens with one attached hydrogen (secondary N) is 1. The van der Waals surface area contributed by atoms with Crippen LogP contribution in [-0.4, -0.2) is 62.4 Å². The highest BCUT2D eigenvalue weighted by Gasteiger charge is 2.48. The molecule has 1 N–H and O–H groups in total. The Bertz CT molecular complexity index is 678. The number of H-pyrrole nitrogens is 1. The number of carbonyl (C=O) groups excluding carboxylic acids is 1. The molecule has 8 heteroatoms. The van der Waals surface area contributed by atoms with Crippen molar-refractivity contribution in [3.05, 3.63) is 36.4 Å². The van der Waals surface area contributed by atoms with Crippen LogP contribution in [0.2, 0.25) is 0 Å². The summed E-state index contributed by atoms with van der Waals surface area (Å²) in [5.41, 5.74) is 0.181. The Labute approximate surface area is 132 Å². The van der Waals surface area contributed by atoms with Gasteiger partial charge in [0.15, 0.2) is 0 Å². The van der Waals surface area contributed by atoms with E-state index in [1.54, 1.807) is 35.6 Å². The van der Waals surface area contributed by atoms with Gasteiger partial charge in [-0.3, -0.25) is 9.89 Å². The fourth-order valence-corrected chi connectivity index (χ4v) is 3.22. The van der Waals surface area contributed by atoms with Crippen molar-refractivity contribution in [3.8, 4) is 6.01 Å².